The molecule has 376 valence electrons. The first kappa shape index (κ1) is 62.3. The van der Waals surface area contributed by atoms with Gasteiger partial charge in [-0.25, -0.2) is 0 Å². The first-order valence-corrected chi connectivity index (χ1v) is 28.0. The molecule has 0 amide bonds. The average Bonchev–Trinajstić information content (AvgIpc) is 3.31. The van der Waals surface area contributed by atoms with Crippen molar-refractivity contribution in [3.8, 4) is 0 Å². The van der Waals surface area contributed by atoms with Crippen LogP contribution in [0.4, 0.5) is 0 Å². The summed E-state index contributed by atoms with van der Waals surface area (Å²) in [6.45, 7) is 4.04. The summed E-state index contributed by atoms with van der Waals surface area (Å²) < 4.78 is 10.7. The molecule has 5 heteroatoms. The van der Waals surface area contributed by atoms with Crippen molar-refractivity contribution in [2.24, 2.45) is 0 Å². The quantitative estimate of drug-likeness (QED) is 0.0374. The lowest BCUT2D eigenvalue weighted by Crippen LogP contribution is -2.28. The number of unbranched alkanes of at least 4 members (excludes halogenated alkanes) is 31. The van der Waals surface area contributed by atoms with Crippen LogP contribution in [0.1, 0.15) is 277 Å². The minimum absolute atomic E-state index is 0.0617. The number of hydrogen-bond donors (Lipinski definition) is 1. The predicted octanol–water partition coefficient (Wildman–Crippen LogP) is 18.8. The van der Waals surface area contributed by atoms with Gasteiger partial charge in [-0.1, -0.05) is 273 Å². The summed E-state index contributed by atoms with van der Waals surface area (Å²) in [5, 5.41) is 9.61. The van der Waals surface area contributed by atoms with Crippen LogP contribution in [0.3, 0.4) is 0 Å². The third-order valence-electron chi connectivity index (χ3n) is 12.3. The molecule has 0 spiro atoms. The molecule has 0 aliphatic carbocycles. The van der Waals surface area contributed by atoms with Gasteiger partial charge in [-0.3, -0.25) is 9.59 Å². The Morgan fingerprint density at radius 2 is 0.662 bits per heavy atom. The number of carbonyl (C=O) groups excluding carboxylic acids is 2. The zero-order valence-corrected chi connectivity index (χ0v) is 43.0. The second-order valence-electron chi connectivity index (χ2n) is 18.6. The monoisotopic (exact) mass is 907 g/mol. The average molecular weight is 908 g/mol. The molecule has 0 saturated heterocycles. The lowest BCUT2D eigenvalue weighted by molar-refractivity contribution is -0.161. The number of allylic oxidation sites excluding steroid dienone is 12. The molecule has 0 aliphatic rings. The van der Waals surface area contributed by atoms with Gasteiger partial charge in [0.2, 0.25) is 0 Å². The topological polar surface area (TPSA) is 72.8 Å². The number of ether oxygens (including phenoxy) is 2. The normalized spacial score (nSPS) is 12.7. The van der Waals surface area contributed by atoms with Crippen molar-refractivity contribution in [1.29, 1.82) is 0 Å². The molecule has 1 N–H and O–H groups in total. The van der Waals surface area contributed by atoms with Crippen LogP contribution in [0.25, 0.3) is 0 Å². The van der Waals surface area contributed by atoms with Gasteiger partial charge in [-0.2, -0.15) is 0 Å². The van der Waals surface area contributed by atoms with Gasteiger partial charge in [-0.05, 0) is 64.2 Å². The number of carbonyl (C=O) groups is 2. The van der Waals surface area contributed by atoms with E-state index in [9.17, 15) is 14.7 Å². The fraction of sp³-hybridized carbons (Fsp3) is 0.767. The molecular formula is C60H106O5. The van der Waals surface area contributed by atoms with Gasteiger partial charge in [0, 0.05) is 12.8 Å². The molecule has 0 aromatic rings. The van der Waals surface area contributed by atoms with E-state index in [-0.39, 0.29) is 25.2 Å². The van der Waals surface area contributed by atoms with Gasteiger partial charge >= 0.3 is 11.9 Å². The van der Waals surface area contributed by atoms with E-state index in [1.54, 1.807) is 0 Å². The maximum absolute atomic E-state index is 12.3. The molecule has 0 rings (SSSR count). The van der Waals surface area contributed by atoms with Gasteiger partial charge in [0.15, 0.2) is 6.10 Å². The highest BCUT2D eigenvalue weighted by Crippen LogP contribution is 2.17. The second kappa shape index (κ2) is 55.7. The smallest absolute Gasteiger partial charge is 0.306 e. The van der Waals surface area contributed by atoms with Crippen molar-refractivity contribution < 1.29 is 24.2 Å². The van der Waals surface area contributed by atoms with Gasteiger partial charge in [0.25, 0.3) is 0 Å². The summed E-state index contributed by atoms with van der Waals surface area (Å²) in [5.74, 6) is -0.579. The molecule has 1 unspecified atom stereocenters. The van der Waals surface area contributed by atoms with E-state index in [2.05, 4.69) is 86.8 Å². The van der Waals surface area contributed by atoms with Crippen molar-refractivity contribution in [2.75, 3.05) is 13.2 Å². The van der Waals surface area contributed by atoms with Crippen LogP contribution in [0.15, 0.2) is 72.9 Å². The molecule has 0 fully saturated rings. The Kier molecular flexibility index (Phi) is 53.4. The third kappa shape index (κ3) is 53.8. The second-order valence-corrected chi connectivity index (χ2v) is 18.6. The largest absolute Gasteiger partial charge is 0.462 e. The highest BCUT2D eigenvalue weighted by Gasteiger charge is 2.16. The van der Waals surface area contributed by atoms with Crippen LogP contribution in [0.5, 0.6) is 0 Å². The molecule has 0 saturated carbocycles. The maximum Gasteiger partial charge on any atom is 0.306 e. The highest BCUT2D eigenvalue weighted by atomic mass is 16.6. The first-order chi connectivity index (χ1) is 32.1. The Morgan fingerprint density at radius 3 is 1.00 bits per heavy atom. The summed E-state index contributed by atoms with van der Waals surface area (Å²) >= 11 is 0. The fourth-order valence-electron chi connectivity index (χ4n) is 8.09. The van der Waals surface area contributed by atoms with E-state index in [1.807, 2.05) is 0 Å². The Balaban J connectivity index is 3.42. The molecule has 0 aromatic carbocycles. The molecule has 0 aromatic heterocycles. The molecule has 0 bridgehead atoms. The van der Waals surface area contributed by atoms with E-state index < -0.39 is 6.10 Å². The number of aliphatic hydroxyl groups is 1. The Morgan fingerprint density at radius 1 is 0.369 bits per heavy atom. The molecule has 1 atom stereocenters. The van der Waals surface area contributed by atoms with Gasteiger partial charge < -0.3 is 14.6 Å². The van der Waals surface area contributed by atoms with Gasteiger partial charge in [0.05, 0.1) is 6.61 Å². The minimum Gasteiger partial charge on any atom is -0.462 e. The number of hydrogen-bond acceptors (Lipinski definition) is 5. The predicted molar refractivity (Wildman–Crippen MR) is 283 cm³/mol. The molecular weight excluding hydrogens is 801 g/mol. The number of esters is 2. The summed E-state index contributed by atoms with van der Waals surface area (Å²) in [6, 6.07) is 0. The van der Waals surface area contributed by atoms with E-state index in [0.717, 1.165) is 77.0 Å². The third-order valence-corrected chi connectivity index (χ3v) is 12.3. The van der Waals surface area contributed by atoms with Crippen molar-refractivity contribution >= 4 is 11.9 Å². The fourth-order valence-corrected chi connectivity index (χ4v) is 8.09. The van der Waals surface area contributed by atoms with E-state index in [1.165, 1.54) is 173 Å². The standard InChI is InChI=1S/C60H106O5/c1-3-5-7-9-11-13-15-17-18-19-20-21-22-23-24-25-26-27-28-29-30-31-32-33-34-35-36-37-38-39-40-41-42-43-45-47-49-51-53-55-60(63)65-58(56-61)57-64-59(62)54-52-50-48-46-44-16-14-12-10-8-6-4-2/h5,7,11,13,17-18,20-21,23-24,26-27,58,61H,3-4,6,8-10,12,14-16,19,22,25,28-57H2,1-2H3/b7-5-,13-11-,18-17-,21-20-,24-23-,27-26-. The van der Waals surface area contributed by atoms with Crippen LogP contribution < -0.4 is 0 Å². The van der Waals surface area contributed by atoms with Crippen LogP contribution in [-0.2, 0) is 19.1 Å². The number of rotatable bonds is 51. The summed E-state index contributed by atoms with van der Waals surface area (Å²) in [5.41, 5.74) is 0. The summed E-state index contributed by atoms with van der Waals surface area (Å²) in [6.07, 6.45) is 76.0. The Hall–Kier alpha value is -2.66. The number of aliphatic hydroxyl groups excluding tert-OH is 1. The Labute approximate surface area is 403 Å². The lowest BCUT2D eigenvalue weighted by Gasteiger charge is -2.15. The highest BCUT2D eigenvalue weighted by molar-refractivity contribution is 5.70. The molecule has 0 aliphatic heterocycles. The molecule has 5 nitrogen and oxygen atoms in total. The summed E-state index contributed by atoms with van der Waals surface area (Å²) in [4.78, 5) is 24.4. The zero-order valence-electron chi connectivity index (χ0n) is 43.0. The van der Waals surface area contributed by atoms with E-state index in [0.29, 0.717) is 12.8 Å². The van der Waals surface area contributed by atoms with E-state index >= 15 is 0 Å². The minimum atomic E-state index is -0.768. The SMILES string of the molecule is CC/C=C\C/C=C\C/C=C\C/C=C\C/C=C\C/C=C\CCCCCCCCCCCCCCCCCCCCCCC(=O)OC(CO)COC(=O)CCCCCCCCCCCCCC. The van der Waals surface area contributed by atoms with Gasteiger partial charge in [-0.15, -0.1) is 0 Å². The van der Waals surface area contributed by atoms with Crippen molar-refractivity contribution in [3.05, 3.63) is 72.9 Å². The molecule has 65 heavy (non-hydrogen) atoms. The Bertz CT molecular complexity index is 1160. The van der Waals surface area contributed by atoms with E-state index in [4.69, 9.17) is 9.47 Å². The lowest BCUT2D eigenvalue weighted by atomic mass is 10.0. The maximum atomic E-state index is 12.3. The first-order valence-electron chi connectivity index (χ1n) is 28.0. The molecule has 0 radical (unpaired) electrons. The van der Waals surface area contributed by atoms with Crippen LogP contribution in [0, 0.1) is 0 Å². The van der Waals surface area contributed by atoms with Crippen LogP contribution in [0.2, 0.25) is 0 Å². The van der Waals surface area contributed by atoms with Crippen molar-refractivity contribution in [1.82, 2.24) is 0 Å². The van der Waals surface area contributed by atoms with Crippen molar-refractivity contribution in [2.45, 2.75) is 283 Å². The zero-order chi connectivity index (χ0) is 47.0. The van der Waals surface area contributed by atoms with Crippen LogP contribution >= 0.6 is 0 Å². The van der Waals surface area contributed by atoms with Crippen LogP contribution in [-0.4, -0.2) is 36.4 Å². The summed E-state index contributed by atoms with van der Waals surface area (Å²) in [7, 11) is 0. The molecule has 0 heterocycles. The van der Waals surface area contributed by atoms with Gasteiger partial charge in [0.1, 0.15) is 6.61 Å². The van der Waals surface area contributed by atoms with Crippen molar-refractivity contribution in [3.63, 3.8) is 0 Å².